The smallest absolute Gasteiger partial charge is 0.365 e. The number of carbonyl (C=O) groups is 1. The molecule has 0 saturated heterocycles. The second kappa shape index (κ2) is 26.8. The van der Waals surface area contributed by atoms with E-state index in [0.717, 1.165) is 50.3 Å². The summed E-state index contributed by atoms with van der Waals surface area (Å²) in [5, 5.41) is 17.5. The summed E-state index contributed by atoms with van der Waals surface area (Å²) >= 11 is 1.15. The van der Waals surface area contributed by atoms with Gasteiger partial charge in [0.05, 0.1) is 0 Å². The molecule has 3 nitrogen and oxygen atoms in total. The molecule has 0 spiro atoms. The van der Waals surface area contributed by atoms with Crippen molar-refractivity contribution >= 4 is 17.1 Å². The topological polar surface area (TPSA) is 57.5 Å². The number of allylic oxidation sites excluding steroid dienone is 2. The number of rotatable bonds is 25. The first kappa shape index (κ1) is 31.5. The van der Waals surface area contributed by atoms with E-state index in [-0.39, 0.29) is 5.25 Å². The maximum absolute atomic E-state index is 11.2. The number of unbranched alkanes of at least 4 members (excludes halogenated alkanes) is 17. The normalized spacial score (nSPS) is 12.6. The van der Waals surface area contributed by atoms with Crippen molar-refractivity contribution in [2.45, 2.75) is 153 Å². The third-order valence-corrected chi connectivity index (χ3v) is 7.25. The van der Waals surface area contributed by atoms with Crippen molar-refractivity contribution in [2.75, 3.05) is 6.61 Å². The van der Waals surface area contributed by atoms with E-state index < -0.39 is 5.30 Å². The summed E-state index contributed by atoms with van der Waals surface area (Å²) in [5.74, 6) is 0. The van der Waals surface area contributed by atoms with Crippen molar-refractivity contribution in [1.29, 1.82) is 0 Å². The fraction of sp³-hybridized carbons (Fsp3) is 0.893. The molecule has 4 heteroatoms. The summed E-state index contributed by atoms with van der Waals surface area (Å²) in [7, 11) is 0. The molecule has 0 radical (unpaired) electrons. The van der Waals surface area contributed by atoms with Gasteiger partial charge in [0.1, 0.15) is 0 Å². The van der Waals surface area contributed by atoms with Crippen LogP contribution in [0.4, 0.5) is 4.79 Å². The van der Waals surface area contributed by atoms with Gasteiger partial charge in [0.2, 0.25) is 0 Å². The maximum atomic E-state index is 11.2. The van der Waals surface area contributed by atoms with Gasteiger partial charge in [0, 0.05) is 11.9 Å². The Morgan fingerprint density at radius 2 is 1.06 bits per heavy atom. The van der Waals surface area contributed by atoms with Crippen molar-refractivity contribution in [2.24, 2.45) is 0 Å². The number of carboxylic acid groups (broad SMARTS) is 1. The second-order valence-corrected chi connectivity index (χ2v) is 10.6. The molecule has 2 N–H and O–H groups in total. The average molecular weight is 471 g/mol. The number of hydrogen-bond donors (Lipinski definition) is 2. The summed E-state index contributed by atoms with van der Waals surface area (Å²) in [6.07, 6.45) is 31.9. The van der Waals surface area contributed by atoms with E-state index in [4.69, 9.17) is 5.11 Å². The molecule has 0 fully saturated rings. The lowest BCUT2D eigenvalue weighted by Crippen LogP contribution is -2.06. The molecule has 190 valence electrons. The van der Waals surface area contributed by atoms with Crippen molar-refractivity contribution in [1.82, 2.24) is 0 Å². The van der Waals surface area contributed by atoms with Gasteiger partial charge in [-0.05, 0) is 56.7 Å². The summed E-state index contributed by atoms with van der Waals surface area (Å²) in [6, 6.07) is 0. The predicted octanol–water partition coefficient (Wildman–Crippen LogP) is 9.92. The summed E-state index contributed by atoms with van der Waals surface area (Å²) in [5.41, 5.74) is 0. The molecule has 0 aromatic heterocycles. The molecule has 0 bridgehead atoms. The first-order chi connectivity index (χ1) is 15.7. The first-order valence-corrected chi connectivity index (χ1v) is 14.7. The van der Waals surface area contributed by atoms with Gasteiger partial charge < -0.3 is 10.2 Å². The molecule has 32 heavy (non-hydrogen) atoms. The monoisotopic (exact) mass is 470 g/mol. The maximum Gasteiger partial charge on any atom is 0.365 e. The summed E-state index contributed by atoms with van der Waals surface area (Å²) in [4.78, 5) is 11.2. The number of aliphatic hydroxyl groups is 1. The molecule has 0 aliphatic heterocycles. The minimum Gasteiger partial charge on any atom is -0.473 e. The second-order valence-electron chi connectivity index (χ2n) is 9.37. The zero-order valence-electron chi connectivity index (χ0n) is 21.2. The van der Waals surface area contributed by atoms with Gasteiger partial charge in [-0.25, -0.2) is 4.79 Å². The van der Waals surface area contributed by atoms with Crippen LogP contribution in [0.25, 0.3) is 0 Å². The Hall–Kier alpha value is -0.480. The fourth-order valence-electron chi connectivity index (χ4n) is 4.22. The van der Waals surface area contributed by atoms with Gasteiger partial charge in [-0.1, -0.05) is 115 Å². The zero-order valence-corrected chi connectivity index (χ0v) is 22.0. The highest BCUT2D eigenvalue weighted by atomic mass is 32.2. The van der Waals surface area contributed by atoms with Crippen LogP contribution in [0.5, 0.6) is 0 Å². The Morgan fingerprint density at radius 1 is 0.656 bits per heavy atom. The van der Waals surface area contributed by atoms with Gasteiger partial charge in [0.15, 0.2) is 0 Å². The van der Waals surface area contributed by atoms with Crippen LogP contribution in [0.1, 0.15) is 148 Å². The van der Waals surface area contributed by atoms with E-state index >= 15 is 0 Å². The van der Waals surface area contributed by atoms with Gasteiger partial charge in [0.25, 0.3) is 0 Å². The molecule has 0 rings (SSSR count). The minimum absolute atomic E-state index is 0.286. The van der Waals surface area contributed by atoms with E-state index in [9.17, 15) is 9.90 Å². The van der Waals surface area contributed by atoms with Gasteiger partial charge in [-0.2, -0.15) is 0 Å². The molecular weight excluding hydrogens is 416 g/mol. The molecule has 0 amide bonds. The molecule has 0 aliphatic rings. The first-order valence-electron chi connectivity index (χ1n) is 13.9. The van der Waals surface area contributed by atoms with Gasteiger partial charge in [-0.15, -0.1) is 0 Å². The Morgan fingerprint density at radius 3 is 1.53 bits per heavy atom. The number of hydrogen-bond acceptors (Lipinski definition) is 3. The highest BCUT2D eigenvalue weighted by Gasteiger charge is 2.13. The molecule has 0 aromatic carbocycles. The Labute approximate surface area is 204 Å². The molecule has 0 aromatic rings. The summed E-state index contributed by atoms with van der Waals surface area (Å²) in [6.45, 7) is 2.59. The van der Waals surface area contributed by atoms with Gasteiger partial charge >= 0.3 is 5.30 Å². The van der Waals surface area contributed by atoms with Crippen LogP contribution in [0, 0.1) is 0 Å². The van der Waals surface area contributed by atoms with Crippen molar-refractivity contribution in [3.8, 4) is 0 Å². The van der Waals surface area contributed by atoms with E-state index in [1.165, 1.54) is 103 Å². The van der Waals surface area contributed by atoms with Crippen LogP contribution in [0.3, 0.4) is 0 Å². The highest BCUT2D eigenvalue weighted by molar-refractivity contribution is 8.13. The lowest BCUT2D eigenvalue weighted by molar-refractivity contribution is 0.222. The molecule has 1 unspecified atom stereocenters. The van der Waals surface area contributed by atoms with Crippen molar-refractivity contribution in [3.63, 3.8) is 0 Å². The van der Waals surface area contributed by atoms with E-state index in [1.54, 1.807) is 0 Å². The number of aliphatic hydroxyl groups excluding tert-OH is 1. The Balaban J connectivity index is 3.60. The van der Waals surface area contributed by atoms with Crippen LogP contribution < -0.4 is 0 Å². The summed E-state index contributed by atoms with van der Waals surface area (Å²) < 4.78 is 0. The lowest BCUT2D eigenvalue weighted by atomic mass is 10.0. The zero-order chi connectivity index (χ0) is 23.5. The van der Waals surface area contributed by atoms with E-state index in [0.29, 0.717) is 6.61 Å². The van der Waals surface area contributed by atoms with Crippen LogP contribution in [-0.4, -0.2) is 27.4 Å². The van der Waals surface area contributed by atoms with Crippen LogP contribution in [0.15, 0.2) is 12.2 Å². The number of thioether (sulfide) groups is 1. The SMILES string of the molecule is CCCCCCCC/C=C\CCCCCC(CCCCCCCCCCCO)SC(=O)O. The van der Waals surface area contributed by atoms with E-state index in [2.05, 4.69) is 19.1 Å². The molecule has 0 heterocycles. The molecule has 0 aliphatic carbocycles. The van der Waals surface area contributed by atoms with Crippen LogP contribution in [0.2, 0.25) is 0 Å². The van der Waals surface area contributed by atoms with Crippen molar-refractivity contribution < 1.29 is 15.0 Å². The Bertz CT molecular complexity index is 411. The standard InChI is InChI=1S/C28H54O3S/c1-2-3-4-5-6-7-8-9-10-12-15-18-21-24-27(32-28(30)31)25-22-19-16-13-11-14-17-20-23-26-29/h9-10,27,29H,2-8,11-26H2,1H3,(H,30,31)/b10-9-. The third-order valence-electron chi connectivity index (χ3n) is 6.24. The quantitative estimate of drug-likeness (QED) is 0.103. The molecule has 0 saturated carbocycles. The van der Waals surface area contributed by atoms with Crippen LogP contribution in [-0.2, 0) is 0 Å². The van der Waals surface area contributed by atoms with E-state index in [1.807, 2.05) is 0 Å². The molecule has 1 atom stereocenters. The van der Waals surface area contributed by atoms with Gasteiger partial charge in [-0.3, -0.25) is 0 Å². The minimum atomic E-state index is -0.712. The molecular formula is C28H54O3S. The average Bonchev–Trinajstić information content (AvgIpc) is 2.77. The van der Waals surface area contributed by atoms with Crippen LogP contribution >= 0.6 is 11.8 Å². The highest BCUT2D eigenvalue weighted by Crippen LogP contribution is 2.25. The van der Waals surface area contributed by atoms with Crippen molar-refractivity contribution in [3.05, 3.63) is 12.2 Å². The Kier molecular flexibility index (Phi) is 26.4. The lowest BCUT2D eigenvalue weighted by Gasteiger charge is -2.13. The predicted molar refractivity (Wildman–Crippen MR) is 143 cm³/mol. The largest absolute Gasteiger partial charge is 0.473 e. The third kappa shape index (κ3) is 25.8. The fourth-order valence-corrected chi connectivity index (χ4v) is 5.07.